The standard InChI is InChI=1S/C27H24N2O3S/c1-19-13-15-20(16-14-19)26(24-12-7-17-33-24)29-25(30)18-32-23-11-6-5-10-22(23)27(31)28-21-8-3-2-4-9-21/h2-17,26H,18H2,1H3,(H,28,31)(H,29,30)/t26-/m0/s1. The topological polar surface area (TPSA) is 67.4 Å². The van der Waals surface area contributed by atoms with Crippen LogP contribution in [0.2, 0.25) is 0 Å². The van der Waals surface area contributed by atoms with Gasteiger partial charge < -0.3 is 15.4 Å². The molecule has 3 aromatic carbocycles. The molecule has 2 amide bonds. The maximum atomic E-state index is 12.8. The molecule has 0 aliphatic carbocycles. The summed E-state index contributed by atoms with van der Waals surface area (Å²) >= 11 is 1.59. The van der Waals surface area contributed by atoms with E-state index in [1.807, 2.05) is 79.0 Å². The van der Waals surface area contributed by atoms with E-state index in [0.717, 1.165) is 16.0 Å². The van der Waals surface area contributed by atoms with E-state index in [0.29, 0.717) is 17.0 Å². The normalized spacial score (nSPS) is 11.4. The molecule has 0 spiro atoms. The third-order valence-corrected chi connectivity index (χ3v) is 6.00. The summed E-state index contributed by atoms with van der Waals surface area (Å²) < 4.78 is 5.76. The highest BCUT2D eigenvalue weighted by molar-refractivity contribution is 7.10. The number of ether oxygens (including phenoxy) is 1. The predicted octanol–water partition coefficient (Wildman–Crippen LogP) is 5.59. The summed E-state index contributed by atoms with van der Waals surface area (Å²) in [7, 11) is 0. The zero-order chi connectivity index (χ0) is 23.0. The first-order chi connectivity index (χ1) is 16.1. The van der Waals surface area contributed by atoms with Crippen LogP contribution in [0.15, 0.2) is 96.4 Å². The number of carbonyl (C=O) groups excluding carboxylic acids is 2. The number of amides is 2. The van der Waals surface area contributed by atoms with Gasteiger partial charge >= 0.3 is 0 Å². The van der Waals surface area contributed by atoms with E-state index in [1.165, 1.54) is 0 Å². The maximum absolute atomic E-state index is 12.8. The minimum Gasteiger partial charge on any atom is -0.483 e. The molecule has 33 heavy (non-hydrogen) atoms. The largest absolute Gasteiger partial charge is 0.483 e. The number of aryl methyl sites for hydroxylation is 1. The number of hydrogen-bond donors (Lipinski definition) is 2. The van der Waals surface area contributed by atoms with Crippen LogP contribution < -0.4 is 15.4 Å². The summed E-state index contributed by atoms with van der Waals surface area (Å²) in [5.41, 5.74) is 3.21. The smallest absolute Gasteiger partial charge is 0.259 e. The molecular formula is C27H24N2O3S. The Hall–Kier alpha value is -3.90. The van der Waals surface area contributed by atoms with E-state index in [4.69, 9.17) is 4.74 Å². The van der Waals surface area contributed by atoms with Crippen molar-refractivity contribution < 1.29 is 14.3 Å². The van der Waals surface area contributed by atoms with Gasteiger partial charge in [-0.25, -0.2) is 0 Å². The van der Waals surface area contributed by atoms with Crippen molar-refractivity contribution in [1.82, 2.24) is 5.32 Å². The minimum absolute atomic E-state index is 0.205. The molecule has 6 heteroatoms. The zero-order valence-electron chi connectivity index (χ0n) is 18.2. The lowest BCUT2D eigenvalue weighted by Gasteiger charge is -2.19. The molecule has 0 bridgehead atoms. The zero-order valence-corrected chi connectivity index (χ0v) is 19.0. The van der Waals surface area contributed by atoms with Gasteiger partial charge in [-0.2, -0.15) is 0 Å². The Labute approximate surface area is 197 Å². The average molecular weight is 457 g/mol. The van der Waals surface area contributed by atoms with Crippen LogP contribution in [0.25, 0.3) is 0 Å². The van der Waals surface area contributed by atoms with Gasteiger partial charge in [0.2, 0.25) is 0 Å². The van der Waals surface area contributed by atoms with Crippen molar-refractivity contribution >= 4 is 28.8 Å². The van der Waals surface area contributed by atoms with Gasteiger partial charge in [0.15, 0.2) is 6.61 Å². The van der Waals surface area contributed by atoms with Crippen molar-refractivity contribution in [2.75, 3.05) is 11.9 Å². The first kappa shape index (κ1) is 22.3. The van der Waals surface area contributed by atoms with Gasteiger partial charge in [-0.1, -0.05) is 66.2 Å². The Kier molecular flexibility index (Phi) is 7.17. The van der Waals surface area contributed by atoms with Crippen LogP contribution in [0.3, 0.4) is 0 Å². The van der Waals surface area contributed by atoms with E-state index in [2.05, 4.69) is 10.6 Å². The average Bonchev–Trinajstić information content (AvgIpc) is 3.37. The second-order valence-electron chi connectivity index (χ2n) is 7.53. The number of thiophene rings is 1. The number of rotatable bonds is 8. The second kappa shape index (κ2) is 10.6. The van der Waals surface area contributed by atoms with Gasteiger partial charge in [0, 0.05) is 10.6 Å². The quantitative estimate of drug-likeness (QED) is 0.363. The molecule has 0 aliphatic heterocycles. The lowest BCUT2D eigenvalue weighted by Crippen LogP contribution is -2.33. The number of para-hydroxylation sites is 2. The SMILES string of the molecule is Cc1ccc([C@H](NC(=O)COc2ccccc2C(=O)Nc2ccccc2)c2cccs2)cc1. The third kappa shape index (κ3) is 5.87. The van der Waals surface area contributed by atoms with Gasteiger partial charge in [-0.3, -0.25) is 9.59 Å². The van der Waals surface area contributed by atoms with E-state index in [9.17, 15) is 9.59 Å². The minimum atomic E-state index is -0.298. The van der Waals surface area contributed by atoms with Crippen LogP contribution >= 0.6 is 11.3 Å². The monoisotopic (exact) mass is 456 g/mol. The van der Waals surface area contributed by atoms with Crippen LogP contribution in [0.1, 0.15) is 32.4 Å². The number of carbonyl (C=O) groups is 2. The van der Waals surface area contributed by atoms with Crippen LogP contribution in [-0.4, -0.2) is 18.4 Å². The van der Waals surface area contributed by atoms with Crippen LogP contribution in [-0.2, 0) is 4.79 Å². The summed E-state index contributed by atoms with van der Waals surface area (Å²) in [6.45, 7) is 1.82. The Morgan fingerprint density at radius 1 is 0.879 bits per heavy atom. The molecule has 0 radical (unpaired) electrons. The van der Waals surface area contributed by atoms with E-state index >= 15 is 0 Å². The van der Waals surface area contributed by atoms with Crippen molar-refractivity contribution in [1.29, 1.82) is 0 Å². The first-order valence-electron chi connectivity index (χ1n) is 10.6. The van der Waals surface area contributed by atoms with Gasteiger partial charge in [-0.15, -0.1) is 11.3 Å². The van der Waals surface area contributed by atoms with Gasteiger partial charge in [0.1, 0.15) is 5.75 Å². The molecule has 0 saturated heterocycles. The first-order valence-corrected chi connectivity index (χ1v) is 11.5. The van der Waals surface area contributed by atoms with Crippen LogP contribution in [0.4, 0.5) is 5.69 Å². The fraction of sp³-hybridized carbons (Fsp3) is 0.111. The van der Waals surface area contributed by atoms with E-state index in [1.54, 1.807) is 35.6 Å². The number of nitrogens with one attached hydrogen (secondary N) is 2. The Morgan fingerprint density at radius 2 is 1.61 bits per heavy atom. The molecule has 1 heterocycles. The molecule has 4 rings (SSSR count). The van der Waals surface area contributed by atoms with Crippen molar-refractivity contribution in [2.24, 2.45) is 0 Å². The molecule has 1 atom stereocenters. The molecule has 0 unspecified atom stereocenters. The molecule has 0 saturated carbocycles. The Bertz CT molecular complexity index is 1210. The number of anilines is 1. The third-order valence-electron chi connectivity index (χ3n) is 5.07. The summed E-state index contributed by atoms with van der Waals surface area (Å²) in [6.07, 6.45) is 0. The maximum Gasteiger partial charge on any atom is 0.259 e. The van der Waals surface area contributed by atoms with Gasteiger partial charge in [-0.05, 0) is 48.2 Å². The second-order valence-corrected chi connectivity index (χ2v) is 8.51. The highest BCUT2D eigenvalue weighted by Gasteiger charge is 2.19. The number of hydrogen-bond acceptors (Lipinski definition) is 4. The molecule has 0 fully saturated rings. The molecule has 166 valence electrons. The van der Waals surface area contributed by atoms with Gasteiger partial charge in [0.05, 0.1) is 11.6 Å². The Morgan fingerprint density at radius 3 is 2.33 bits per heavy atom. The van der Waals surface area contributed by atoms with Crippen LogP contribution in [0.5, 0.6) is 5.75 Å². The van der Waals surface area contributed by atoms with Gasteiger partial charge in [0.25, 0.3) is 11.8 Å². The van der Waals surface area contributed by atoms with Crippen LogP contribution in [0, 0.1) is 6.92 Å². The van der Waals surface area contributed by atoms with Crippen molar-refractivity contribution in [2.45, 2.75) is 13.0 Å². The van der Waals surface area contributed by atoms with Crippen molar-refractivity contribution in [3.8, 4) is 5.75 Å². The fourth-order valence-electron chi connectivity index (χ4n) is 3.38. The summed E-state index contributed by atoms with van der Waals surface area (Å²) in [5.74, 6) is -0.218. The van der Waals surface area contributed by atoms with E-state index in [-0.39, 0.29) is 24.5 Å². The lowest BCUT2D eigenvalue weighted by molar-refractivity contribution is -0.123. The summed E-state index contributed by atoms with van der Waals surface area (Å²) in [4.78, 5) is 26.6. The highest BCUT2D eigenvalue weighted by atomic mass is 32.1. The number of benzene rings is 3. The van der Waals surface area contributed by atoms with Crippen molar-refractivity contribution in [3.63, 3.8) is 0 Å². The highest BCUT2D eigenvalue weighted by Crippen LogP contribution is 2.26. The molecule has 0 aliphatic rings. The fourth-order valence-corrected chi connectivity index (χ4v) is 4.18. The summed E-state index contributed by atoms with van der Waals surface area (Å²) in [6, 6.07) is 27.9. The molecule has 2 N–H and O–H groups in total. The predicted molar refractivity (Wildman–Crippen MR) is 132 cm³/mol. The molecule has 1 aromatic heterocycles. The van der Waals surface area contributed by atoms with Crippen molar-refractivity contribution in [3.05, 3.63) is 118 Å². The molecule has 5 nitrogen and oxygen atoms in total. The lowest BCUT2D eigenvalue weighted by atomic mass is 10.0. The summed E-state index contributed by atoms with van der Waals surface area (Å²) in [5, 5.41) is 7.89. The van der Waals surface area contributed by atoms with E-state index < -0.39 is 0 Å². The Balaban J connectivity index is 1.44. The molecule has 4 aromatic rings. The molecular weight excluding hydrogens is 432 g/mol.